The SMILES string of the molecule is CCCn1nnc2cc(-c3noc(-c4ccc(Cl)c(Cl)c4)n3)ccc21. The van der Waals surface area contributed by atoms with E-state index in [0.29, 0.717) is 27.3 Å². The Labute approximate surface area is 153 Å². The predicted octanol–water partition coefficient (Wildman–Crippen LogP) is 4.87. The second-order valence-electron chi connectivity index (χ2n) is 5.57. The van der Waals surface area contributed by atoms with Gasteiger partial charge in [-0.1, -0.05) is 40.5 Å². The molecule has 2 aromatic carbocycles. The van der Waals surface area contributed by atoms with E-state index in [1.54, 1.807) is 18.2 Å². The summed E-state index contributed by atoms with van der Waals surface area (Å²) in [7, 11) is 0. The van der Waals surface area contributed by atoms with Gasteiger partial charge in [0.05, 0.1) is 15.6 Å². The maximum Gasteiger partial charge on any atom is 0.258 e. The Balaban J connectivity index is 1.69. The highest BCUT2D eigenvalue weighted by Crippen LogP contribution is 2.29. The molecule has 25 heavy (non-hydrogen) atoms. The quantitative estimate of drug-likeness (QED) is 0.510. The van der Waals surface area contributed by atoms with Gasteiger partial charge in [0.2, 0.25) is 5.82 Å². The van der Waals surface area contributed by atoms with Crippen molar-refractivity contribution < 1.29 is 4.52 Å². The van der Waals surface area contributed by atoms with Gasteiger partial charge in [0.15, 0.2) is 0 Å². The summed E-state index contributed by atoms with van der Waals surface area (Å²) < 4.78 is 7.24. The van der Waals surface area contributed by atoms with E-state index < -0.39 is 0 Å². The first-order chi connectivity index (χ1) is 12.2. The van der Waals surface area contributed by atoms with Gasteiger partial charge in [-0.15, -0.1) is 5.10 Å². The van der Waals surface area contributed by atoms with Gasteiger partial charge in [0, 0.05) is 17.7 Å². The fourth-order valence-electron chi connectivity index (χ4n) is 2.58. The molecular weight excluding hydrogens is 361 g/mol. The normalized spacial score (nSPS) is 11.3. The van der Waals surface area contributed by atoms with Gasteiger partial charge in [-0.05, 0) is 42.8 Å². The van der Waals surface area contributed by atoms with Crippen molar-refractivity contribution in [3.05, 3.63) is 46.4 Å². The summed E-state index contributed by atoms with van der Waals surface area (Å²) in [6.45, 7) is 2.94. The predicted molar refractivity (Wildman–Crippen MR) is 96.6 cm³/mol. The number of halogens is 2. The molecule has 0 aliphatic heterocycles. The molecule has 0 unspecified atom stereocenters. The molecule has 0 bridgehead atoms. The minimum Gasteiger partial charge on any atom is -0.334 e. The number of hydrogen-bond donors (Lipinski definition) is 0. The van der Waals surface area contributed by atoms with E-state index in [9.17, 15) is 0 Å². The Morgan fingerprint density at radius 1 is 1.04 bits per heavy atom. The zero-order valence-electron chi connectivity index (χ0n) is 13.3. The van der Waals surface area contributed by atoms with Crippen LogP contribution in [-0.4, -0.2) is 25.1 Å². The highest BCUT2D eigenvalue weighted by atomic mass is 35.5. The largest absolute Gasteiger partial charge is 0.334 e. The third-order valence-electron chi connectivity index (χ3n) is 3.80. The standard InChI is InChI=1S/C17H13Cl2N5O/c1-2-7-24-15-6-4-10(9-14(15)21-23-24)16-20-17(25-22-16)11-3-5-12(18)13(19)8-11/h3-6,8-9H,2,7H2,1H3. The number of rotatable bonds is 4. The van der Waals surface area contributed by atoms with Crippen LogP contribution in [0.2, 0.25) is 10.0 Å². The Bertz CT molecular complexity index is 1060. The van der Waals surface area contributed by atoms with Crippen molar-refractivity contribution in [2.45, 2.75) is 19.9 Å². The first-order valence-electron chi connectivity index (χ1n) is 7.78. The lowest BCUT2D eigenvalue weighted by Crippen LogP contribution is -1.98. The average Bonchev–Trinajstić information content (AvgIpc) is 3.25. The Morgan fingerprint density at radius 2 is 1.88 bits per heavy atom. The summed E-state index contributed by atoms with van der Waals surface area (Å²) in [6, 6.07) is 11.0. The van der Waals surface area contributed by atoms with Crippen molar-refractivity contribution in [3.8, 4) is 22.8 Å². The Morgan fingerprint density at radius 3 is 2.68 bits per heavy atom. The number of benzene rings is 2. The number of fused-ring (bicyclic) bond motifs is 1. The van der Waals surface area contributed by atoms with Crippen molar-refractivity contribution in [1.82, 2.24) is 25.1 Å². The highest BCUT2D eigenvalue weighted by molar-refractivity contribution is 6.42. The molecule has 0 saturated carbocycles. The van der Waals surface area contributed by atoms with E-state index in [1.807, 2.05) is 22.9 Å². The monoisotopic (exact) mass is 373 g/mol. The molecule has 0 radical (unpaired) electrons. The fourth-order valence-corrected chi connectivity index (χ4v) is 2.87. The zero-order valence-corrected chi connectivity index (χ0v) is 14.8. The van der Waals surface area contributed by atoms with Crippen molar-refractivity contribution >= 4 is 34.2 Å². The van der Waals surface area contributed by atoms with Crippen LogP contribution in [-0.2, 0) is 6.54 Å². The van der Waals surface area contributed by atoms with Gasteiger partial charge in [-0.2, -0.15) is 4.98 Å². The molecule has 4 aromatic rings. The molecule has 2 aromatic heterocycles. The molecular formula is C17H13Cl2N5O. The first kappa shape index (κ1) is 16.1. The third kappa shape index (κ3) is 2.99. The van der Waals surface area contributed by atoms with Crippen LogP contribution in [0.5, 0.6) is 0 Å². The van der Waals surface area contributed by atoms with Crippen molar-refractivity contribution in [1.29, 1.82) is 0 Å². The van der Waals surface area contributed by atoms with Gasteiger partial charge in [-0.3, -0.25) is 0 Å². The molecule has 0 aliphatic rings. The van der Waals surface area contributed by atoms with Gasteiger partial charge < -0.3 is 4.52 Å². The lowest BCUT2D eigenvalue weighted by molar-refractivity contribution is 0.432. The molecule has 126 valence electrons. The average molecular weight is 374 g/mol. The summed E-state index contributed by atoms with van der Waals surface area (Å²) in [6.07, 6.45) is 0.998. The Kier molecular flexibility index (Phi) is 4.15. The topological polar surface area (TPSA) is 69.6 Å². The van der Waals surface area contributed by atoms with Crippen LogP contribution in [0.15, 0.2) is 40.9 Å². The summed E-state index contributed by atoms with van der Waals surface area (Å²) in [4.78, 5) is 4.44. The van der Waals surface area contributed by atoms with E-state index in [1.165, 1.54) is 0 Å². The molecule has 0 amide bonds. The summed E-state index contributed by atoms with van der Waals surface area (Å²) in [5, 5.41) is 13.3. The number of hydrogen-bond acceptors (Lipinski definition) is 5. The molecule has 0 N–H and O–H groups in total. The van der Waals surface area contributed by atoms with Gasteiger partial charge in [0.25, 0.3) is 5.89 Å². The maximum absolute atomic E-state index is 6.04. The molecule has 0 saturated heterocycles. The van der Waals surface area contributed by atoms with E-state index in [0.717, 1.165) is 29.6 Å². The molecule has 0 fully saturated rings. The number of aromatic nitrogens is 5. The summed E-state index contributed by atoms with van der Waals surface area (Å²) >= 11 is 12.0. The van der Waals surface area contributed by atoms with E-state index in [4.69, 9.17) is 27.7 Å². The van der Waals surface area contributed by atoms with Crippen LogP contribution < -0.4 is 0 Å². The van der Waals surface area contributed by atoms with Crippen molar-refractivity contribution in [2.75, 3.05) is 0 Å². The van der Waals surface area contributed by atoms with Crippen molar-refractivity contribution in [3.63, 3.8) is 0 Å². The van der Waals surface area contributed by atoms with E-state index in [-0.39, 0.29) is 0 Å². The Hall–Kier alpha value is -2.44. The van der Waals surface area contributed by atoms with Gasteiger partial charge in [0.1, 0.15) is 5.52 Å². The summed E-state index contributed by atoms with van der Waals surface area (Å²) in [5.74, 6) is 0.858. The molecule has 4 rings (SSSR count). The van der Waals surface area contributed by atoms with E-state index >= 15 is 0 Å². The minimum atomic E-state index is 0.378. The second-order valence-corrected chi connectivity index (χ2v) is 6.38. The molecule has 0 spiro atoms. The first-order valence-corrected chi connectivity index (χ1v) is 8.54. The summed E-state index contributed by atoms with van der Waals surface area (Å²) in [5.41, 5.74) is 3.31. The zero-order chi connectivity index (χ0) is 17.4. The van der Waals surface area contributed by atoms with Crippen LogP contribution in [0.25, 0.3) is 33.9 Å². The van der Waals surface area contributed by atoms with Gasteiger partial charge in [-0.25, -0.2) is 4.68 Å². The van der Waals surface area contributed by atoms with Crippen LogP contribution in [0.1, 0.15) is 13.3 Å². The molecule has 0 aliphatic carbocycles. The van der Waals surface area contributed by atoms with Crippen LogP contribution in [0.4, 0.5) is 0 Å². The minimum absolute atomic E-state index is 0.378. The number of aryl methyl sites for hydroxylation is 1. The molecule has 2 heterocycles. The van der Waals surface area contributed by atoms with E-state index in [2.05, 4.69) is 27.4 Å². The fraction of sp³-hybridized carbons (Fsp3) is 0.176. The number of nitrogens with zero attached hydrogens (tertiary/aromatic N) is 5. The molecule has 0 atom stereocenters. The lowest BCUT2D eigenvalue weighted by atomic mass is 10.2. The smallest absolute Gasteiger partial charge is 0.258 e. The lowest BCUT2D eigenvalue weighted by Gasteiger charge is -1.99. The van der Waals surface area contributed by atoms with Crippen LogP contribution >= 0.6 is 23.2 Å². The maximum atomic E-state index is 6.04. The molecule has 8 heteroatoms. The van der Waals surface area contributed by atoms with Gasteiger partial charge >= 0.3 is 0 Å². The highest BCUT2D eigenvalue weighted by Gasteiger charge is 2.13. The third-order valence-corrected chi connectivity index (χ3v) is 4.54. The van der Waals surface area contributed by atoms with Crippen LogP contribution in [0.3, 0.4) is 0 Å². The van der Waals surface area contributed by atoms with Crippen LogP contribution in [0, 0.1) is 0 Å². The second kappa shape index (κ2) is 6.46. The molecule has 6 nitrogen and oxygen atoms in total. The van der Waals surface area contributed by atoms with Crippen molar-refractivity contribution in [2.24, 2.45) is 0 Å².